The van der Waals surface area contributed by atoms with Crippen LogP contribution < -0.4 is 11.1 Å². The minimum Gasteiger partial charge on any atom is -0.480 e. The summed E-state index contributed by atoms with van der Waals surface area (Å²) in [7, 11) is 0. The normalized spacial score (nSPS) is 12.9. The highest BCUT2D eigenvalue weighted by atomic mass is 16.4. The number of hydrogen-bond donors (Lipinski definition) is 6. The largest absolute Gasteiger partial charge is 0.480 e. The maximum Gasteiger partial charge on any atom is 0.320 e. The first-order chi connectivity index (χ1) is 12.4. The highest BCUT2D eigenvalue weighted by molar-refractivity contribution is 5.84. The first-order valence-corrected chi connectivity index (χ1v) is 8.51. The van der Waals surface area contributed by atoms with Crippen molar-refractivity contribution in [2.45, 2.75) is 38.3 Å². The monoisotopic (exact) mass is 365 g/mol. The van der Waals surface area contributed by atoms with Gasteiger partial charge in [0.25, 0.3) is 0 Å². The quantitative estimate of drug-likeness (QED) is 0.387. The predicted molar refractivity (Wildman–Crippen MR) is 99.0 cm³/mol. The molecule has 2 atom stereocenters. The van der Waals surface area contributed by atoms with Gasteiger partial charge in [-0.05, 0) is 31.0 Å². The van der Waals surface area contributed by atoms with Gasteiger partial charge in [0.15, 0.2) is 0 Å². The van der Waals surface area contributed by atoms with Gasteiger partial charge in [-0.3, -0.25) is 9.59 Å². The topological polar surface area (TPSA) is 149 Å². The minimum absolute atomic E-state index is 0.0896. The molecule has 0 amide bonds. The van der Waals surface area contributed by atoms with Crippen molar-refractivity contribution in [2.24, 2.45) is 5.73 Å². The molecule has 144 valence electrons. The third kappa shape index (κ3) is 6.83. The molecule has 0 aliphatic rings. The lowest BCUT2D eigenvalue weighted by Crippen LogP contribution is -2.37. The Morgan fingerprint density at radius 1 is 1.23 bits per heavy atom. The molecular formula is C18H27N3O5. The summed E-state index contributed by atoms with van der Waals surface area (Å²) in [6, 6.07) is 6.32. The van der Waals surface area contributed by atoms with Crippen LogP contribution in [0.2, 0.25) is 0 Å². The van der Waals surface area contributed by atoms with Crippen LogP contribution in [-0.2, 0) is 16.0 Å². The van der Waals surface area contributed by atoms with Crippen molar-refractivity contribution >= 4 is 22.8 Å². The fourth-order valence-electron chi connectivity index (χ4n) is 2.39. The average Bonchev–Trinajstić information content (AvgIpc) is 3.02. The summed E-state index contributed by atoms with van der Waals surface area (Å²) < 4.78 is 0. The maximum absolute atomic E-state index is 10.6. The summed E-state index contributed by atoms with van der Waals surface area (Å²) in [5, 5.41) is 29.6. The van der Waals surface area contributed by atoms with Gasteiger partial charge in [0, 0.05) is 30.1 Å². The number of carbonyl (C=O) groups is 2. The molecule has 2 aromatic rings. The first kappa shape index (κ1) is 21.6. The van der Waals surface area contributed by atoms with Crippen molar-refractivity contribution in [3.05, 3.63) is 36.0 Å². The number of H-pyrrole nitrogens is 1. The fraction of sp³-hybridized carbons (Fsp3) is 0.444. The average molecular weight is 365 g/mol. The van der Waals surface area contributed by atoms with Gasteiger partial charge < -0.3 is 31.4 Å². The highest BCUT2D eigenvalue weighted by Crippen LogP contribution is 2.18. The Balaban J connectivity index is 0.000000276. The molecule has 1 heterocycles. The number of aliphatic hydroxyl groups excluding tert-OH is 1. The molecule has 0 spiro atoms. The van der Waals surface area contributed by atoms with Crippen molar-refractivity contribution in [3.63, 3.8) is 0 Å². The Kier molecular flexibility index (Phi) is 9.35. The Morgan fingerprint density at radius 2 is 1.92 bits per heavy atom. The molecule has 7 N–H and O–H groups in total. The van der Waals surface area contributed by atoms with Crippen LogP contribution in [0.25, 0.3) is 10.9 Å². The molecule has 1 aromatic heterocycles. The van der Waals surface area contributed by atoms with Crippen LogP contribution in [0.15, 0.2) is 30.5 Å². The van der Waals surface area contributed by atoms with Crippen LogP contribution in [0.4, 0.5) is 0 Å². The summed E-state index contributed by atoms with van der Waals surface area (Å²) in [4.78, 5) is 24.1. The second kappa shape index (κ2) is 11.2. The number of nitrogens with two attached hydrogens (primary N) is 1. The number of carboxylic acids is 2. The fourth-order valence-corrected chi connectivity index (χ4v) is 2.39. The Labute approximate surface area is 152 Å². The second-order valence-electron chi connectivity index (χ2n) is 5.87. The molecule has 0 radical (unpaired) electrons. The van der Waals surface area contributed by atoms with Gasteiger partial charge in [0.1, 0.15) is 12.1 Å². The van der Waals surface area contributed by atoms with Gasteiger partial charge >= 0.3 is 11.9 Å². The lowest BCUT2D eigenvalue weighted by atomic mass is 10.1. The number of aliphatic hydroxyl groups is 1. The van der Waals surface area contributed by atoms with E-state index in [1.54, 1.807) is 0 Å². The summed E-state index contributed by atoms with van der Waals surface area (Å²) >= 11 is 0. The van der Waals surface area contributed by atoms with E-state index < -0.39 is 24.0 Å². The van der Waals surface area contributed by atoms with E-state index in [4.69, 9.17) is 21.1 Å². The number of hydrogen-bond acceptors (Lipinski definition) is 5. The summed E-state index contributed by atoms with van der Waals surface area (Å²) in [5.41, 5.74) is 7.43. The number of nitrogens with one attached hydrogen (secondary N) is 2. The minimum atomic E-state index is -0.972. The van der Waals surface area contributed by atoms with Crippen molar-refractivity contribution in [2.75, 3.05) is 13.2 Å². The molecule has 0 aliphatic carbocycles. The number of carboxylic acid groups (broad SMARTS) is 2. The Bertz CT molecular complexity index is 701. The molecule has 0 saturated carbocycles. The summed E-state index contributed by atoms with van der Waals surface area (Å²) in [5.74, 6) is -1.87. The van der Waals surface area contributed by atoms with E-state index in [1.165, 1.54) is 0 Å². The van der Waals surface area contributed by atoms with Gasteiger partial charge in [-0.2, -0.15) is 0 Å². The Hall–Kier alpha value is -2.42. The van der Waals surface area contributed by atoms with E-state index in [2.05, 4.69) is 10.3 Å². The molecule has 8 heteroatoms. The standard InChI is InChI=1S/C11H12N2O2.C7H15NO3/c12-9(11(14)15)5-7-6-13-10-4-2-1-3-8(7)10;1-2-4-8-6(3-5-9)7(10)11/h1-4,6,9,13H,5,12H2,(H,14,15);6,8-9H,2-5H2,1H3,(H,10,11). The van der Waals surface area contributed by atoms with Crippen LogP contribution in [0.1, 0.15) is 25.3 Å². The molecule has 0 aliphatic heterocycles. The van der Waals surface area contributed by atoms with Crippen LogP contribution in [0.3, 0.4) is 0 Å². The third-order valence-electron chi connectivity index (χ3n) is 3.79. The molecule has 0 fully saturated rings. The number of fused-ring (bicyclic) bond motifs is 1. The van der Waals surface area contributed by atoms with E-state index in [0.29, 0.717) is 13.0 Å². The van der Waals surface area contributed by atoms with Crippen LogP contribution >= 0.6 is 0 Å². The third-order valence-corrected chi connectivity index (χ3v) is 3.79. The van der Waals surface area contributed by atoms with E-state index in [0.717, 1.165) is 22.9 Å². The van der Waals surface area contributed by atoms with Gasteiger partial charge in [0.05, 0.1) is 0 Å². The number of benzene rings is 1. The summed E-state index contributed by atoms with van der Waals surface area (Å²) in [6.45, 7) is 2.55. The van der Waals surface area contributed by atoms with Gasteiger partial charge in [-0.1, -0.05) is 25.1 Å². The maximum atomic E-state index is 10.6. The first-order valence-electron chi connectivity index (χ1n) is 8.51. The molecule has 0 saturated heterocycles. The number of aliphatic carboxylic acids is 2. The number of para-hydroxylation sites is 1. The van der Waals surface area contributed by atoms with Crippen LogP contribution in [0.5, 0.6) is 0 Å². The molecule has 2 rings (SSSR count). The number of rotatable bonds is 9. The molecule has 26 heavy (non-hydrogen) atoms. The number of aromatic amines is 1. The lowest BCUT2D eigenvalue weighted by Gasteiger charge is -2.11. The van der Waals surface area contributed by atoms with Crippen molar-refractivity contribution < 1.29 is 24.9 Å². The van der Waals surface area contributed by atoms with Gasteiger partial charge in [-0.15, -0.1) is 0 Å². The van der Waals surface area contributed by atoms with Crippen molar-refractivity contribution in [1.29, 1.82) is 0 Å². The van der Waals surface area contributed by atoms with E-state index in [-0.39, 0.29) is 13.0 Å². The SMILES string of the molecule is CCCNC(CCO)C(=O)O.NC(Cc1c[nH]c2ccccc12)C(=O)O. The lowest BCUT2D eigenvalue weighted by molar-refractivity contribution is -0.140. The van der Waals surface area contributed by atoms with E-state index in [9.17, 15) is 9.59 Å². The molecule has 0 bridgehead atoms. The smallest absolute Gasteiger partial charge is 0.320 e. The zero-order valence-corrected chi connectivity index (χ0v) is 14.8. The molecular weight excluding hydrogens is 338 g/mol. The van der Waals surface area contributed by atoms with Crippen LogP contribution in [-0.4, -0.2) is 57.5 Å². The molecule has 2 unspecified atom stereocenters. The molecule has 8 nitrogen and oxygen atoms in total. The van der Waals surface area contributed by atoms with E-state index in [1.807, 2.05) is 37.4 Å². The Morgan fingerprint density at radius 3 is 2.50 bits per heavy atom. The molecule has 1 aromatic carbocycles. The van der Waals surface area contributed by atoms with Gasteiger partial charge in [0.2, 0.25) is 0 Å². The number of aromatic nitrogens is 1. The second-order valence-corrected chi connectivity index (χ2v) is 5.87. The summed E-state index contributed by atoms with van der Waals surface area (Å²) in [6.07, 6.45) is 3.33. The van der Waals surface area contributed by atoms with E-state index >= 15 is 0 Å². The van der Waals surface area contributed by atoms with Crippen LogP contribution in [0, 0.1) is 0 Å². The predicted octanol–water partition coefficient (Wildman–Crippen LogP) is 0.944. The zero-order valence-electron chi connectivity index (χ0n) is 14.8. The van der Waals surface area contributed by atoms with Crippen molar-refractivity contribution in [3.8, 4) is 0 Å². The zero-order chi connectivity index (χ0) is 19.5. The van der Waals surface area contributed by atoms with Crippen molar-refractivity contribution in [1.82, 2.24) is 10.3 Å². The van der Waals surface area contributed by atoms with Gasteiger partial charge in [-0.25, -0.2) is 0 Å². The highest BCUT2D eigenvalue weighted by Gasteiger charge is 2.15.